The maximum absolute atomic E-state index is 14.0. The Bertz CT molecular complexity index is 762. The lowest BCUT2D eigenvalue weighted by atomic mass is 10.1. The molecule has 0 aromatic carbocycles. The van der Waals surface area contributed by atoms with Crippen molar-refractivity contribution < 1.29 is 9.13 Å². The van der Waals surface area contributed by atoms with Crippen LogP contribution in [-0.4, -0.2) is 34.1 Å². The normalized spacial score (nSPS) is 18.6. The van der Waals surface area contributed by atoms with Crippen molar-refractivity contribution >= 4 is 34.1 Å². The van der Waals surface area contributed by atoms with Gasteiger partial charge >= 0.3 is 0 Å². The van der Waals surface area contributed by atoms with Crippen molar-refractivity contribution in [3.8, 4) is 5.88 Å². The van der Waals surface area contributed by atoms with Crippen LogP contribution in [0.4, 0.5) is 4.39 Å². The first kappa shape index (κ1) is 15.5. The summed E-state index contributed by atoms with van der Waals surface area (Å²) in [6.45, 7) is 1.23. The van der Waals surface area contributed by atoms with Crippen LogP contribution in [0.2, 0.25) is 10.4 Å². The number of aromatic nitrogens is 3. The minimum atomic E-state index is -0.896. The lowest BCUT2D eigenvalue weighted by Gasteiger charge is -2.23. The molecule has 1 aliphatic rings. The number of ether oxygens (including phenoxy) is 1. The van der Waals surface area contributed by atoms with Crippen LogP contribution < -0.4 is 15.6 Å². The number of nitrogens with one attached hydrogen (secondary N) is 2. The Morgan fingerprint density at radius 1 is 1.32 bits per heavy atom. The largest absolute Gasteiger partial charge is 0.475 e. The molecule has 2 aromatic rings. The van der Waals surface area contributed by atoms with E-state index in [4.69, 9.17) is 27.9 Å². The van der Waals surface area contributed by atoms with Gasteiger partial charge in [-0.1, -0.05) is 18.0 Å². The van der Waals surface area contributed by atoms with Gasteiger partial charge in [-0.25, -0.2) is 9.37 Å². The Morgan fingerprint density at radius 2 is 2.14 bits per heavy atom. The number of piperidine rings is 1. The van der Waals surface area contributed by atoms with Crippen molar-refractivity contribution in [3.05, 3.63) is 26.6 Å². The number of fused-ring (bicyclic) bond motifs is 1. The number of H-pyrrole nitrogens is 1. The van der Waals surface area contributed by atoms with Crippen LogP contribution in [0.25, 0.3) is 10.9 Å². The Hall–Kier alpha value is -1.44. The molecule has 1 aliphatic heterocycles. The molecular weight excluding hydrogens is 334 g/mol. The molecule has 0 saturated carbocycles. The fourth-order valence-corrected chi connectivity index (χ4v) is 2.78. The van der Waals surface area contributed by atoms with Gasteiger partial charge in [-0.15, -0.1) is 0 Å². The standard InChI is InChI=1S/C13H13Cl2FN4O2/c14-10-8(16)9-7(11(21)20-13(15)18-9)12(19-10)22-5-6-3-1-2-4-17-6/h6,17H,1-5H2,(H,18,20,21)/t6-/m0/s1. The number of aromatic amines is 1. The summed E-state index contributed by atoms with van der Waals surface area (Å²) >= 11 is 11.4. The van der Waals surface area contributed by atoms with Crippen molar-refractivity contribution in [2.24, 2.45) is 0 Å². The molecule has 22 heavy (non-hydrogen) atoms. The van der Waals surface area contributed by atoms with E-state index < -0.39 is 16.5 Å². The molecule has 3 rings (SSSR count). The van der Waals surface area contributed by atoms with Gasteiger partial charge in [0.15, 0.2) is 11.0 Å². The average molecular weight is 347 g/mol. The predicted octanol–water partition coefficient (Wildman–Crippen LogP) is 2.28. The van der Waals surface area contributed by atoms with E-state index in [1.165, 1.54) is 0 Å². The smallest absolute Gasteiger partial charge is 0.265 e. The zero-order valence-electron chi connectivity index (χ0n) is 11.5. The number of hydrogen-bond acceptors (Lipinski definition) is 5. The summed E-state index contributed by atoms with van der Waals surface area (Å²) in [5.74, 6) is -0.938. The Labute approximate surface area is 135 Å². The molecule has 1 fully saturated rings. The molecule has 0 radical (unpaired) electrons. The summed E-state index contributed by atoms with van der Waals surface area (Å²) in [7, 11) is 0. The topological polar surface area (TPSA) is 79.9 Å². The molecule has 0 unspecified atom stereocenters. The fourth-order valence-electron chi connectivity index (χ4n) is 2.45. The van der Waals surface area contributed by atoms with Crippen LogP contribution in [-0.2, 0) is 0 Å². The van der Waals surface area contributed by atoms with Gasteiger partial charge in [0.1, 0.15) is 17.5 Å². The quantitative estimate of drug-likeness (QED) is 0.658. The number of nitrogens with zero attached hydrogens (tertiary/aromatic N) is 2. The molecule has 0 bridgehead atoms. The Morgan fingerprint density at radius 3 is 2.86 bits per heavy atom. The van der Waals surface area contributed by atoms with Crippen molar-refractivity contribution in [2.75, 3.05) is 13.2 Å². The molecule has 9 heteroatoms. The molecule has 0 aliphatic carbocycles. The van der Waals surface area contributed by atoms with Crippen LogP contribution >= 0.6 is 23.2 Å². The van der Waals surface area contributed by atoms with E-state index in [9.17, 15) is 9.18 Å². The third kappa shape index (κ3) is 3.02. The molecule has 2 aromatic heterocycles. The van der Waals surface area contributed by atoms with Gasteiger partial charge in [0.2, 0.25) is 11.2 Å². The highest BCUT2D eigenvalue weighted by atomic mass is 35.5. The van der Waals surface area contributed by atoms with Crippen LogP contribution in [0.5, 0.6) is 5.88 Å². The number of halogens is 3. The van der Waals surface area contributed by atoms with Crippen LogP contribution in [0, 0.1) is 5.82 Å². The zero-order chi connectivity index (χ0) is 15.7. The molecule has 0 amide bonds. The first-order valence-corrected chi connectivity index (χ1v) is 7.62. The van der Waals surface area contributed by atoms with E-state index in [1.54, 1.807) is 0 Å². The minimum Gasteiger partial charge on any atom is -0.475 e. The van der Waals surface area contributed by atoms with Gasteiger partial charge in [0.25, 0.3) is 5.56 Å². The van der Waals surface area contributed by atoms with E-state index in [2.05, 4.69) is 20.3 Å². The van der Waals surface area contributed by atoms with E-state index in [0.29, 0.717) is 6.61 Å². The molecule has 3 heterocycles. The predicted molar refractivity (Wildman–Crippen MR) is 81.3 cm³/mol. The lowest BCUT2D eigenvalue weighted by Crippen LogP contribution is -2.38. The summed E-state index contributed by atoms with van der Waals surface area (Å²) in [6.07, 6.45) is 3.20. The lowest BCUT2D eigenvalue weighted by molar-refractivity contribution is 0.234. The fraction of sp³-hybridized carbons (Fsp3) is 0.462. The van der Waals surface area contributed by atoms with E-state index in [1.807, 2.05) is 0 Å². The highest BCUT2D eigenvalue weighted by Crippen LogP contribution is 2.27. The van der Waals surface area contributed by atoms with Gasteiger partial charge in [-0.05, 0) is 31.0 Å². The third-order valence-electron chi connectivity index (χ3n) is 3.53. The van der Waals surface area contributed by atoms with Crippen molar-refractivity contribution in [1.29, 1.82) is 0 Å². The molecule has 2 N–H and O–H groups in total. The van der Waals surface area contributed by atoms with E-state index in [0.717, 1.165) is 25.8 Å². The minimum absolute atomic E-state index is 0.0424. The van der Waals surface area contributed by atoms with Crippen molar-refractivity contribution in [1.82, 2.24) is 20.3 Å². The van der Waals surface area contributed by atoms with E-state index >= 15 is 0 Å². The SMILES string of the molecule is O=c1[nH]c(Cl)nc2c(F)c(Cl)nc(OC[C@@H]3CCCCN3)c12. The zero-order valence-corrected chi connectivity index (χ0v) is 13.0. The molecule has 118 valence electrons. The van der Waals surface area contributed by atoms with Crippen LogP contribution in [0.1, 0.15) is 19.3 Å². The molecule has 6 nitrogen and oxygen atoms in total. The van der Waals surface area contributed by atoms with Gasteiger partial charge in [0, 0.05) is 6.04 Å². The van der Waals surface area contributed by atoms with Crippen molar-refractivity contribution in [3.63, 3.8) is 0 Å². The molecule has 1 saturated heterocycles. The molecular formula is C13H13Cl2FN4O2. The maximum Gasteiger partial charge on any atom is 0.265 e. The monoisotopic (exact) mass is 346 g/mol. The first-order valence-electron chi connectivity index (χ1n) is 6.87. The van der Waals surface area contributed by atoms with Crippen molar-refractivity contribution in [2.45, 2.75) is 25.3 Å². The summed E-state index contributed by atoms with van der Waals surface area (Å²) in [5, 5.41) is 2.58. The number of pyridine rings is 1. The summed E-state index contributed by atoms with van der Waals surface area (Å²) < 4.78 is 19.6. The van der Waals surface area contributed by atoms with Crippen LogP contribution in [0.3, 0.4) is 0 Å². The van der Waals surface area contributed by atoms with Gasteiger partial charge < -0.3 is 10.1 Å². The third-order valence-corrected chi connectivity index (χ3v) is 3.96. The second kappa shape index (κ2) is 6.36. The van der Waals surface area contributed by atoms with Crippen LogP contribution in [0.15, 0.2) is 4.79 Å². The average Bonchev–Trinajstić information content (AvgIpc) is 2.50. The summed E-state index contributed by atoms with van der Waals surface area (Å²) in [4.78, 5) is 21.9. The van der Waals surface area contributed by atoms with E-state index in [-0.39, 0.29) is 28.1 Å². The Kier molecular flexibility index (Phi) is 4.46. The summed E-state index contributed by atoms with van der Waals surface area (Å²) in [6, 6.07) is 0.161. The number of rotatable bonds is 3. The first-order chi connectivity index (χ1) is 10.6. The molecule has 1 atom stereocenters. The maximum atomic E-state index is 14.0. The van der Waals surface area contributed by atoms with Gasteiger partial charge in [-0.3, -0.25) is 9.78 Å². The second-order valence-corrected chi connectivity index (χ2v) is 5.78. The Balaban J connectivity index is 1.98. The number of hydrogen-bond donors (Lipinski definition) is 2. The highest BCUT2D eigenvalue weighted by molar-refractivity contribution is 6.30. The second-order valence-electron chi connectivity index (χ2n) is 5.06. The summed E-state index contributed by atoms with van der Waals surface area (Å²) in [5.41, 5.74) is -0.870. The molecule has 0 spiro atoms. The van der Waals surface area contributed by atoms with Gasteiger partial charge in [0.05, 0.1) is 0 Å². The van der Waals surface area contributed by atoms with Gasteiger partial charge in [-0.2, -0.15) is 4.98 Å². The highest BCUT2D eigenvalue weighted by Gasteiger charge is 2.20.